The van der Waals surface area contributed by atoms with Crippen molar-refractivity contribution in [2.75, 3.05) is 9.80 Å². The molecule has 0 unspecified atom stereocenters. The molecule has 0 radical (unpaired) electrons. The van der Waals surface area contributed by atoms with Crippen molar-refractivity contribution in [1.82, 2.24) is 10.0 Å². The largest absolute Gasteiger partial charge is 0.417 e. The molecule has 1 aromatic heterocycles. The van der Waals surface area contributed by atoms with Crippen molar-refractivity contribution in [3.8, 4) is 6.07 Å². The zero-order chi connectivity index (χ0) is 32.0. The number of hydrogen-bond acceptors (Lipinski definition) is 5. The van der Waals surface area contributed by atoms with Crippen LogP contribution in [0.2, 0.25) is 0 Å². The number of amides is 2. The fourth-order valence-corrected chi connectivity index (χ4v) is 5.64. The lowest BCUT2D eigenvalue weighted by molar-refractivity contribution is -0.137. The summed E-state index contributed by atoms with van der Waals surface area (Å²) in [6, 6.07) is 16.0. The smallest absolute Gasteiger partial charge is 0.343 e. The van der Waals surface area contributed by atoms with Crippen LogP contribution in [0.25, 0.3) is 17.0 Å². The number of hydrogen-bond donors (Lipinski definition) is 2. The average molecular weight is 622 g/mol. The first-order valence-electron chi connectivity index (χ1n) is 13.1. The molecule has 0 atom stereocenters. The van der Waals surface area contributed by atoms with Crippen LogP contribution in [0.3, 0.4) is 0 Å². The zero-order valence-corrected chi connectivity index (χ0v) is 24.0. The first-order valence-corrected chi connectivity index (χ1v) is 13.5. The number of benzene rings is 3. The molecule has 2 amide bonds. The second-order valence-electron chi connectivity index (χ2n) is 10.5. The molecule has 0 bridgehead atoms. The van der Waals surface area contributed by atoms with E-state index in [2.05, 4.69) is 0 Å². The molecule has 1 aliphatic heterocycles. The van der Waals surface area contributed by atoms with Crippen LogP contribution < -0.4 is 15.3 Å². The van der Waals surface area contributed by atoms with Gasteiger partial charge < -0.3 is 9.47 Å². The van der Waals surface area contributed by atoms with E-state index in [0.29, 0.717) is 11.6 Å². The Balaban J connectivity index is 1.42. The van der Waals surface area contributed by atoms with Gasteiger partial charge in [0.05, 0.1) is 29.4 Å². The maximum atomic E-state index is 15.5. The van der Waals surface area contributed by atoms with Gasteiger partial charge in [0.15, 0.2) is 5.11 Å². The first kappa shape index (κ1) is 30.4. The summed E-state index contributed by atoms with van der Waals surface area (Å²) in [5.74, 6) is -1.86. The molecule has 0 spiro atoms. The van der Waals surface area contributed by atoms with Crippen LogP contribution in [0.15, 0.2) is 72.9 Å². The Kier molecular flexibility index (Phi) is 7.75. The van der Waals surface area contributed by atoms with E-state index < -0.39 is 40.5 Å². The van der Waals surface area contributed by atoms with E-state index in [9.17, 15) is 22.8 Å². The van der Waals surface area contributed by atoms with Gasteiger partial charge in [0.25, 0.3) is 11.8 Å². The van der Waals surface area contributed by atoms with Crippen molar-refractivity contribution in [3.63, 3.8) is 0 Å². The number of aromatic nitrogens is 1. The van der Waals surface area contributed by atoms with Gasteiger partial charge >= 0.3 is 6.18 Å². The van der Waals surface area contributed by atoms with Gasteiger partial charge in [-0.3, -0.25) is 19.7 Å². The third-order valence-corrected chi connectivity index (χ3v) is 7.69. The molecule has 5 rings (SSSR count). The molecule has 224 valence electrons. The molecule has 8 nitrogen and oxygen atoms in total. The quantitative estimate of drug-likeness (QED) is 0.0880. The summed E-state index contributed by atoms with van der Waals surface area (Å²) < 4.78 is 58.2. The Morgan fingerprint density at radius 1 is 1.09 bits per heavy atom. The Labute approximate surface area is 254 Å². The van der Waals surface area contributed by atoms with Gasteiger partial charge in [0.2, 0.25) is 0 Å². The van der Waals surface area contributed by atoms with Crippen molar-refractivity contribution in [2.45, 2.75) is 32.1 Å². The lowest BCUT2D eigenvalue weighted by Gasteiger charge is -2.29. The van der Waals surface area contributed by atoms with E-state index in [0.717, 1.165) is 27.4 Å². The number of nitriles is 1. The monoisotopic (exact) mass is 621 g/mol. The highest BCUT2D eigenvalue weighted by Crippen LogP contribution is 2.40. The zero-order valence-electron chi connectivity index (χ0n) is 23.2. The van der Waals surface area contributed by atoms with Crippen molar-refractivity contribution in [1.29, 1.82) is 5.26 Å². The molecule has 2 heterocycles. The third kappa shape index (κ3) is 5.41. The first-order chi connectivity index (χ1) is 20.8. The standard InChI is InChI=1S/C31H23F4N5O3S/c1-30(2)28(42)39(22-7-5-20(16-36)24(14-22)31(33,34)35)29(44)40(30)23-8-6-21(25(32)15-23)17-38-12-11-19-13-18(3-9-26(19)38)4-10-27(41)37-43/h3-15,43H,17H2,1-2H3,(H,37,41)/b10-4+. The molecule has 1 fully saturated rings. The van der Waals surface area contributed by atoms with Crippen LogP contribution in [-0.2, 0) is 22.3 Å². The summed E-state index contributed by atoms with van der Waals surface area (Å²) in [4.78, 5) is 27.1. The van der Waals surface area contributed by atoms with Crippen molar-refractivity contribution >= 4 is 57.5 Å². The maximum Gasteiger partial charge on any atom is 0.417 e. The highest BCUT2D eigenvalue weighted by molar-refractivity contribution is 7.81. The number of carbonyl (C=O) groups is 2. The lowest BCUT2D eigenvalue weighted by atomic mass is 10.0. The molecular weight excluding hydrogens is 598 g/mol. The predicted molar refractivity (Wildman–Crippen MR) is 159 cm³/mol. The number of nitrogens with one attached hydrogen (secondary N) is 1. The van der Waals surface area contributed by atoms with Gasteiger partial charge in [0, 0.05) is 34.4 Å². The summed E-state index contributed by atoms with van der Waals surface area (Å²) in [7, 11) is 0. The van der Waals surface area contributed by atoms with Gasteiger partial charge in [-0.1, -0.05) is 12.1 Å². The number of fused-ring (bicyclic) bond motifs is 1. The number of halogens is 4. The number of nitrogens with zero attached hydrogens (tertiary/aromatic N) is 4. The Bertz CT molecular complexity index is 1910. The van der Waals surface area contributed by atoms with E-state index in [-0.39, 0.29) is 23.0 Å². The Morgan fingerprint density at radius 2 is 1.82 bits per heavy atom. The summed E-state index contributed by atoms with van der Waals surface area (Å²) >= 11 is 5.54. The van der Waals surface area contributed by atoms with Crippen LogP contribution in [-0.4, -0.2) is 32.2 Å². The second-order valence-corrected chi connectivity index (χ2v) is 10.9. The molecule has 1 aliphatic rings. The van der Waals surface area contributed by atoms with E-state index in [1.165, 1.54) is 54.6 Å². The predicted octanol–water partition coefficient (Wildman–Crippen LogP) is 6.15. The van der Waals surface area contributed by atoms with Gasteiger partial charge in [-0.15, -0.1) is 0 Å². The molecule has 44 heavy (non-hydrogen) atoms. The Morgan fingerprint density at radius 3 is 2.48 bits per heavy atom. The molecular formula is C31H23F4N5O3S. The SMILES string of the molecule is CC1(C)C(=O)N(c2ccc(C#N)c(C(F)(F)F)c2)C(=S)N1c1ccc(Cn2ccc3cc(/C=C/C(=O)NO)ccc32)c(F)c1. The summed E-state index contributed by atoms with van der Waals surface area (Å²) in [5.41, 5.74) is 0.312. The molecule has 3 aromatic carbocycles. The number of anilines is 2. The Hall–Kier alpha value is -5.06. The van der Waals surface area contributed by atoms with E-state index in [4.69, 9.17) is 22.7 Å². The van der Waals surface area contributed by atoms with Crippen LogP contribution in [0.1, 0.15) is 36.1 Å². The van der Waals surface area contributed by atoms with Gasteiger partial charge in [-0.2, -0.15) is 18.4 Å². The fraction of sp³-hybridized carbons (Fsp3) is 0.161. The topological polar surface area (TPSA) is 102 Å². The summed E-state index contributed by atoms with van der Waals surface area (Å²) in [5, 5.41) is 18.5. The fourth-order valence-electron chi connectivity index (χ4n) is 5.12. The average Bonchev–Trinajstić information content (AvgIpc) is 3.45. The van der Waals surface area contributed by atoms with Gasteiger partial charge in [-0.25, -0.2) is 9.87 Å². The summed E-state index contributed by atoms with van der Waals surface area (Å²) in [6.07, 6.45) is -0.330. The van der Waals surface area contributed by atoms with Gasteiger partial charge in [0.1, 0.15) is 11.4 Å². The number of rotatable bonds is 6. The molecule has 2 N–H and O–H groups in total. The number of alkyl halides is 3. The summed E-state index contributed by atoms with van der Waals surface area (Å²) in [6.45, 7) is 3.24. The maximum absolute atomic E-state index is 15.5. The van der Waals surface area contributed by atoms with Crippen molar-refractivity contribution in [2.24, 2.45) is 0 Å². The number of hydroxylamine groups is 1. The minimum Gasteiger partial charge on any atom is -0.343 e. The van der Waals surface area contributed by atoms with Gasteiger partial charge in [-0.05, 0) is 86.2 Å². The molecule has 4 aromatic rings. The van der Waals surface area contributed by atoms with Crippen LogP contribution in [0.4, 0.5) is 28.9 Å². The van der Waals surface area contributed by atoms with Crippen molar-refractivity contribution < 1.29 is 32.4 Å². The molecule has 0 saturated carbocycles. The lowest BCUT2D eigenvalue weighted by Crippen LogP contribution is -2.44. The molecule has 13 heteroatoms. The van der Waals surface area contributed by atoms with Crippen LogP contribution >= 0.6 is 12.2 Å². The number of carbonyl (C=O) groups excluding carboxylic acids is 2. The molecule has 1 saturated heterocycles. The van der Waals surface area contributed by atoms with E-state index >= 15 is 4.39 Å². The highest BCUT2D eigenvalue weighted by Gasteiger charge is 2.50. The minimum absolute atomic E-state index is 0.136. The number of thiocarbonyl (C=S) groups is 1. The second kappa shape index (κ2) is 11.2. The minimum atomic E-state index is -4.83. The van der Waals surface area contributed by atoms with E-state index in [1.54, 1.807) is 24.4 Å². The van der Waals surface area contributed by atoms with E-state index in [1.807, 2.05) is 22.8 Å². The normalized spacial score (nSPS) is 15.0. The third-order valence-electron chi connectivity index (χ3n) is 7.32. The highest BCUT2D eigenvalue weighted by atomic mass is 32.1. The molecule has 0 aliphatic carbocycles. The van der Waals surface area contributed by atoms with Crippen LogP contribution in [0.5, 0.6) is 0 Å². The van der Waals surface area contributed by atoms with Crippen LogP contribution in [0, 0.1) is 17.1 Å². The van der Waals surface area contributed by atoms with Crippen molar-refractivity contribution in [3.05, 3.63) is 101 Å².